The van der Waals surface area contributed by atoms with E-state index in [0.29, 0.717) is 11.1 Å². The number of fused-ring (bicyclic) bond motifs is 1. The van der Waals surface area contributed by atoms with Crippen LogP contribution in [0.25, 0.3) is 0 Å². The van der Waals surface area contributed by atoms with Crippen LogP contribution in [0.4, 0.5) is 0 Å². The summed E-state index contributed by atoms with van der Waals surface area (Å²) in [5.74, 6) is -0.371. The van der Waals surface area contributed by atoms with E-state index in [2.05, 4.69) is 11.8 Å². The summed E-state index contributed by atoms with van der Waals surface area (Å²) >= 11 is 0. The Bertz CT molecular complexity index is 501. The van der Waals surface area contributed by atoms with Crippen LogP contribution in [-0.4, -0.2) is 59.5 Å². The molecule has 0 bridgehead atoms. The van der Waals surface area contributed by atoms with E-state index in [9.17, 15) is 9.59 Å². The number of hydrogen-bond acceptors (Lipinski definition) is 4. The van der Waals surface area contributed by atoms with Crippen LogP contribution < -0.4 is 0 Å². The Morgan fingerprint density at radius 1 is 0.950 bits per heavy atom. The summed E-state index contributed by atoms with van der Waals surface area (Å²) in [7, 11) is 0. The molecule has 1 aromatic carbocycles. The third-order valence-corrected chi connectivity index (χ3v) is 3.94. The van der Waals surface area contributed by atoms with Gasteiger partial charge in [0.05, 0.1) is 11.1 Å². The smallest absolute Gasteiger partial charge is 0.276 e. The van der Waals surface area contributed by atoms with E-state index < -0.39 is 0 Å². The van der Waals surface area contributed by atoms with Gasteiger partial charge in [0, 0.05) is 26.2 Å². The maximum Gasteiger partial charge on any atom is 0.276 e. The maximum atomic E-state index is 12.4. The average molecular weight is 273 g/mol. The van der Waals surface area contributed by atoms with Gasteiger partial charge in [-0.1, -0.05) is 19.1 Å². The largest absolute Gasteiger partial charge is 0.301 e. The van der Waals surface area contributed by atoms with Crippen LogP contribution in [0, 0.1) is 0 Å². The van der Waals surface area contributed by atoms with Gasteiger partial charge in [-0.05, 0) is 25.1 Å². The van der Waals surface area contributed by atoms with E-state index in [1.807, 2.05) is 5.01 Å². The Balaban J connectivity index is 1.74. The van der Waals surface area contributed by atoms with E-state index in [0.717, 1.165) is 39.1 Å². The second-order valence-electron chi connectivity index (χ2n) is 5.26. The van der Waals surface area contributed by atoms with Crippen molar-refractivity contribution >= 4 is 11.8 Å². The minimum Gasteiger partial charge on any atom is -0.301 e. The first-order chi connectivity index (χ1) is 9.72. The van der Waals surface area contributed by atoms with E-state index >= 15 is 0 Å². The number of piperazine rings is 1. The molecule has 0 N–H and O–H groups in total. The van der Waals surface area contributed by atoms with Crippen LogP contribution in [0.5, 0.6) is 0 Å². The van der Waals surface area contributed by atoms with Crippen molar-refractivity contribution in [2.45, 2.75) is 13.3 Å². The van der Waals surface area contributed by atoms with Crippen LogP contribution in [0.1, 0.15) is 34.1 Å². The van der Waals surface area contributed by atoms with Gasteiger partial charge in [-0.25, -0.2) is 10.0 Å². The van der Waals surface area contributed by atoms with Crippen molar-refractivity contribution < 1.29 is 9.59 Å². The molecule has 20 heavy (non-hydrogen) atoms. The zero-order valence-corrected chi connectivity index (χ0v) is 11.7. The lowest BCUT2D eigenvalue weighted by atomic mass is 10.1. The van der Waals surface area contributed by atoms with Gasteiger partial charge < -0.3 is 4.90 Å². The molecule has 3 rings (SSSR count). The molecule has 2 aliphatic heterocycles. The molecule has 0 atom stereocenters. The third-order valence-electron chi connectivity index (χ3n) is 3.94. The summed E-state index contributed by atoms with van der Waals surface area (Å²) in [6, 6.07) is 7.05. The fourth-order valence-electron chi connectivity index (χ4n) is 2.91. The second kappa shape index (κ2) is 5.34. The summed E-state index contributed by atoms with van der Waals surface area (Å²) in [5.41, 5.74) is 1.04. The predicted octanol–water partition coefficient (Wildman–Crippen LogP) is 1.23. The van der Waals surface area contributed by atoms with Crippen molar-refractivity contribution in [3.8, 4) is 0 Å². The van der Waals surface area contributed by atoms with E-state index in [4.69, 9.17) is 0 Å². The Hall–Kier alpha value is -1.72. The van der Waals surface area contributed by atoms with Gasteiger partial charge in [0.25, 0.3) is 11.8 Å². The molecular formula is C15H19N3O2. The summed E-state index contributed by atoms with van der Waals surface area (Å²) in [6.45, 7) is 6.51. The van der Waals surface area contributed by atoms with Crippen LogP contribution in [-0.2, 0) is 0 Å². The van der Waals surface area contributed by atoms with Crippen molar-refractivity contribution in [3.63, 3.8) is 0 Å². The molecule has 5 nitrogen and oxygen atoms in total. The minimum absolute atomic E-state index is 0.186. The standard InChI is InChI=1S/C15H19N3O2/c1-2-7-16-8-10-17(11-9-16)18-14(19)12-5-3-4-6-13(12)15(18)20/h3-6H,2,7-11H2,1H3. The fourth-order valence-corrected chi connectivity index (χ4v) is 2.91. The lowest BCUT2D eigenvalue weighted by Gasteiger charge is -2.38. The van der Waals surface area contributed by atoms with Gasteiger partial charge in [0.15, 0.2) is 0 Å². The first-order valence-corrected chi connectivity index (χ1v) is 7.17. The molecule has 2 heterocycles. The highest BCUT2D eigenvalue weighted by Gasteiger charge is 2.39. The zero-order chi connectivity index (χ0) is 14.1. The highest BCUT2D eigenvalue weighted by Crippen LogP contribution is 2.24. The van der Waals surface area contributed by atoms with Crippen LogP contribution in [0.15, 0.2) is 24.3 Å². The topological polar surface area (TPSA) is 43.9 Å². The van der Waals surface area contributed by atoms with Crippen molar-refractivity contribution in [2.24, 2.45) is 0 Å². The Morgan fingerprint density at radius 2 is 1.50 bits per heavy atom. The quantitative estimate of drug-likeness (QED) is 0.777. The first kappa shape index (κ1) is 13.3. The maximum absolute atomic E-state index is 12.4. The monoisotopic (exact) mass is 273 g/mol. The lowest BCUT2D eigenvalue weighted by Crippen LogP contribution is -2.55. The van der Waals surface area contributed by atoms with Gasteiger partial charge in [0.1, 0.15) is 0 Å². The third kappa shape index (κ3) is 2.13. The van der Waals surface area contributed by atoms with Crippen LogP contribution in [0.2, 0.25) is 0 Å². The molecule has 0 radical (unpaired) electrons. The summed E-state index contributed by atoms with van der Waals surface area (Å²) < 4.78 is 0. The van der Waals surface area contributed by atoms with Gasteiger partial charge in [-0.2, -0.15) is 0 Å². The normalized spacial score (nSPS) is 20.6. The van der Waals surface area contributed by atoms with Gasteiger partial charge in [-0.3, -0.25) is 9.59 Å². The molecule has 0 aromatic heterocycles. The molecule has 1 fully saturated rings. The number of carbonyl (C=O) groups excluding carboxylic acids is 2. The Labute approximate surface area is 118 Å². The zero-order valence-electron chi connectivity index (χ0n) is 11.7. The average Bonchev–Trinajstić information content (AvgIpc) is 2.73. The summed E-state index contributed by atoms with van der Waals surface area (Å²) in [6.07, 6.45) is 1.13. The van der Waals surface area contributed by atoms with Gasteiger partial charge >= 0.3 is 0 Å². The first-order valence-electron chi connectivity index (χ1n) is 7.17. The van der Waals surface area contributed by atoms with E-state index in [1.165, 1.54) is 5.01 Å². The number of imide groups is 1. The molecule has 0 spiro atoms. The van der Waals surface area contributed by atoms with Gasteiger partial charge in [0.2, 0.25) is 0 Å². The van der Waals surface area contributed by atoms with Crippen molar-refractivity contribution in [2.75, 3.05) is 32.7 Å². The van der Waals surface area contributed by atoms with E-state index in [-0.39, 0.29) is 11.8 Å². The highest BCUT2D eigenvalue weighted by molar-refractivity contribution is 6.20. The summed E-state index contributed by atoms with van der Waals surface area (Å²) in [5, 5.41) is 3.21. The van der Waals surface area contributed by atoms with Crippen LogP contribution >= 0.6 is 0 Å². The Kier molecular flexibility index (Phi) is 3.54. The van der Waals surface area contributed by atoms with Crippen molar-refractivity contribution in [3.05, 3.63) is 35.4 Å². The molecular weight excluding hydrogens is 254 g/mol. The number of rotatable bonds is 3. The fraction of sp³-hybridized carbons (Fsp3) is 0.467. The van der Waals surface area contributed by atoms with Crippen LogP contribution in [0.3, 0.4) is 0 Å². The molecule has 2 amide bonds. The molecule has 0 saturated carbocycles. The summed E-state index contributed by atoms with van der Waals surface area (Å²) in [4.78, 5) is 27.1. The number of hydrogen-bond donors (Lipinski definition) is 0. The SMILES string of the molecule is CCCN1CCN(N2C(=O)c3ccccc3C2=O)CC1. The number of hydrazine groups is 1. The van der Waals surface area contributed by atoms with Gasteiger partial charge in [-0.15, -0.1) is 0 Å². The second-order valence-corrected chi connectivity index (χ2v) is 5.26. The number of benzene rings is 1. The molecule has 106 valence electrons. The Morgan fingerprint density at radius 3 is 2.00 bits per heavy atom. The molecule has 1 saturated heterocycles. The number of nitrogens with zero attached hydrogens (tertiary/aromatic N) is 3. The van der Waals surface area contributed by atoms with E-state index in [1.54, 1.807) is 24.3 Å². The molecule has 0 unspecified atom stereocenters. The molecule has 1 aromatic rings. The minimum atomic E-state index is -0.186. The number of amides is 2. The lowest BCUT2D eigenvalue weighted by molar-refractivity contribution is -0.0209. The predicted molar refractivity (Wildman–Crippen MR) is 75.2 cm³/mol. The van der Waals surface area contributed by atoms with Crippen molar-refractivity contribution in [1.29, 1.82) is 0 Å². The van der Waals surface area contributed by atoms with Crippen molar-refractivity contribution in [1.82, 2.24) is 14.9 Å². The molecule has 2 aliphatic rings. The molecule has 0 aliphatic carbocycles. The number of carbonyl (C=O) groups is 2. The highest BCUT2D eigenvalue weighted by atomic mass is 16.2. The molecule has 5 heteroatoms.